The molecule has 8 nitrogen and oxygen atoms in total. The number of hydrogen-bond donors (Lipinski definition) is 2. The number of anilines is 4. The molecule has 0 radical (unpaired) electrons. The van der Waals surface area contributed by atoms with Crippen LogP contribution in [0.2, 0.25) is 0 Å². The lowest BCUT2D eigenvalue weighted by Gasteiger charge is -2.32. The van der Waals surface area contributed by atoms with E-state index < -0.39 is 11.7 Å². The molecular formula is C24H25F3N6O2. The minimum absolute atomic E-state index is 0.151. The second-order valence-corrected chi connectivity index (χ2v) is 8.19. The Labute approximate surface area is 200 Å². The summed E-state index contributed by atoms with van der Waals surface area (Å²) in [6.45, 7) is 4.37. The molecule has 2 aromatic carbocycles. The lowest BCUT2D eigenvalue weighted by Crippen LogP contribution is -2.39. The number of para-hydroxylation sites is 1. The van der Waals surface area contributed by atoms with Crippen molar-refractivity contribution in [1.82, 2.24) is 15.0 Å². The number of carbonyl (C=O) groups is 1. The third-order valence-corrected chi connectivity index (χ3v) is 5.66. The Kier molecular flexibility index (Phi) is 7.04. The van der Waals surface area contributed by atoms with Crippen LogP contribution in [-0.4, -0.2) is 40.1 Å². The van der Waals surface area contributed by atoms with E-state index in [9.17, 15) is 18.0 Å². The van der Waals surface area contributed by atoms with Crippen LogP contribution in [0.1, 0.15) is 30.9 Å². The Balaban J connectivity index is 1.40. The summed E-state index contributed by atoms with van der Waals surface area (Å²) in [5.74, 6) is 0.492. The molecule has 184 valence electrons. The molecule has 1 saturated heterocycles. The molecule has 0 unspecified atom stereocenters. The first kappa shape index (κ1) is 24.2. The van der Waals surface area contributed by atoms with Crippen LogP contribution < -0.4 is 20.3 Å². The van der Waals surface area contributed by atoms with E-state index in [-0.39, 0.29) is 17.8 Å². The smallest absolute Gasteiger partial charge is 0.419 e. The Morgan fingerprint density at radius 2 is 1.77 bits per heavy atom. The van der Waals surface area contributed by atoms with Crippen molar-refractivity contribution in [2.75, 3.05) is 28.6 Å². The van der Waals surface area contributed by atoms with Gasteiger partial charge in [-0.25, -0.2) is 9.97 Å². The average Bonchev–Trinajstić information content (AvgIpc) is 2.82. The second-order valence-electron chi connectivity index (χ2n) is 8.19. The van der Waals surface area contributed by atoms with Crippen LogP contribution >= 0.6 is 0 Å². The number of piperidine rings is 1. The van der Waals surface area contributed by atoms with Crippen molar-refractivity contribution in [3.05, 3.63) is 59.9 Å². The van der Waals surface area contributed by atoms with Crippen LogP contribution in [0.5, 0.6) is 5.75 Å². The third kappa shape index (κ3) is 5.97. The zero-order valence-electron chi connectivity index (χ0n) is 19.3. The number of amides is 1. The quantitative estimate of drug-likeness (QED) is 0.509. The van der Waals surface area contributed by atoms with Gasteiger partial charge in [0.2, 0.25) is 17.8 Å². The monoisotopic (exact) mass is 486 g/mol. The van der Waals surface area contributed by atoms with E-state index in [1.54, 1.807) is 6.07 Å². The van der Waals surface area contributed by atoms with Gasteiger partial charge >= 0.3 is 6.18 Å². The molecule has 1 aliphatic heterocycles. The summed E-state index contributed by atoms with van der Waals surface area (Å²) in [4.78, 5) is 26.3. The Bertz CT molecular complexity index is 1200. The zero-order chi connectivity index (χ0) is 25.0. The first-order chi connectivity index (χ1) is 16.7. The van der Waals surface area contributed by atoms with Crippen LogP contribution in [0, 0.1) is 6.92 Å². The molecule has 3 aromatic rings. The van der Waals surface area contributed by atoms with E-state index in [0.717, 1.165) is 17.3 Å². The summed E-state index contributed by atoms with van der Waals surface area (Å²) in [6, 6.07) is 10.7. The molecule has 0 aliphatic carbocycles. The standard InChI is InChI=1S/C24H25F3N6O2/c1-15-19(30-16(2)34)7-5-8-20(15)31-22-28-14-29-23(32-22)33-12-10-17(11-13-33)35-21-9-4-3-6-18(21)24(25,26)27/h3-9,14,17H,10-13H2,1-2H3,(H,30,34)(H,28,29,31,32). The molecular weight excluding hydrogens is 461 g/mol. The van der Waals surface area contributed by atoms with Crippen molar-refractivity contribution >= 4 is 29.2 Å². The summed E-state index contributed by atoms with van der Waals surface area (Å²) in [5.41, 5.74) is 1.49. The summed E-state index contributed by atoms with van der Waals surface area (Å²) in [6.07, 6.45) is -2.35. The molecule has 0 spiro atoms. The van der Waals surface area contributed by atoms with Crippen molar-refractivity contribution < 1.29 is 22.7 Å². The number of rotatable bonds is 6. The molecule has 4 rings (SSSR count). The minimum atomic E-state index is -4.47. The Hall–Kier alpha value is -3.89. The molecule has 2 N–H and O–H groups in total. The molecule has 0 atom stereocenters. The predicted octanol–water partition coefficient (Wildman–Crippen LogP) is 4.95. The van der Waals surface area contributed by atoms with Crippen molar-refractivity contribution in [3.63, 3.8) is 0 Å². The van der Waals surface area contributed by atoms with Crippen molar-refractivity contribution in [1.29, 1.82) is 0 Å². The van der Waals surface area contributed by atoms with Gasteiger partial charge < -0.3 is 20.3 Å². The van der Waals surface area contributed by atoms with E-state index in [4.69, 9.17) is 4.74 Å². The van der Waals surface area contributed by atoms with E-state index in [1.807, 2.05) is 24.0 Å². The van der Waals surface area contributed by atoms with Crippen molar-refractivity contribution in [3.8, 4) is 5.75 Å². The fraction of sp³-hybridized carbons (Fsp3) is 0.333. The molecule has 1 amide bonds. The summed E-state index contributed by atoms with van der Waals surface area (Å²) in [7, 11) is 0. The number of aromatic nitrogens is 3. The third-order valence-electron chi connectivity index (χ3n) is 5.66. The van der Waals surface area contributed by atoms with E-state index in [2.05, 4.69) is 25.6 Å². The number of carbonyl (C=O) groups excluding carboxylic acids is 1. The fourth-order valence-electron chi connectivity index (χ4n) is 3.87. The Morgan fingerprint density at radius 3 is 2.49 bits per heavy atom. The summed E-state index contributed by atoms with van der Waals surface area (Å²) in [5, 5.41) is 5.94. The first-order valence-electron chi connectivity index (χ1n) is 11.1. The lowest BCUT2D eigenvalue weighted by molar-refractivity contribution is -0.139. The molecule has 11 heteroatoms. The van der Waals surface area contributed by atoms with Gasteiger partial charge in [-0.15, -0.1) is 0 Å². The van der Waals surface area contributed by atoms with Crippen LogP contribution in [0.4, 0.5) is 36.4 Å². The van der Waals surface area contributed by atoms with Gasteiger partial charge in [0.15, 0.2) is 0 Å². The number of ether oxygens (including phenoxy) is 1. The maximum Gasteiger partial charge on any atom is 0.419 e. The first-order valence-corrected chi connectivity index (χ1v) is 11.1. The zero-order valence-corrected chi connectivity index (χ0v) is 19.3. The largest absolute Gasteiger partial charge is 0.490 e. The number of benzene rings is 2. The van der Waals surface area contributed by atoms with Gasteiger partial charge in [0.1, 0.15) is 18.2 Å². The summed E-state index contributed by atoms with van der Waals surface area (Å²) >= 11 is 0. The lowest BCUT2D eigenvalue weighted by atomic mass is 10.1. The molecule has 35 heavy (non-hydrogen) atoms. The Morgan fingerprint density at radius 1 is 1.06 bits per heavy atom. The highest BCUT2D eigenvalue weighted by Gasteiger charge is 2.35. The number of nitrogens with zero attached hydrogens (tertiary/aromatic N) is 4. The molecule has 2 heterocycles. The minimum Gasteiger partial charge on any atom is -0.490 e. The van der Waals surface area contributed by atoms with Gasteiger partial charge in [0.25, 0.3) is 0 Å². The molecule has 1 aliphatic rings. The van der Waals surface area contributed by atoms with Gasteiger partial charge in [-0.2, -0.15) is 18.2 Å². The molecule has 0 bridgehead atoms. The SMILES string of the molecule is CC(=O)Nc1cccc(Nc2ncnc(N3CCC(Oc4ccccc4C(F)(F)F)CC3)n2)c1C. The van der Waals surface area contributed by atoms with Crippen LogP contribution in [0.25, 0.3) is 0 Å². The van der Waals surface area contributed by atoms with Gasteiger partial charge in [-0.05, 0) is 36.8 Å². The number of alkyl halides is 3. The highest BCUT2D eigenvalue weighted by atomic mass is 19.4. The maximum absolute atomic E-state index is 13.2. The fourth-order valence-corrected chi connectivity index (χ4v) is 3.87. The molecule has 0 saturated carbocycles. The van der Waals surface area contributed by atoms with Crippen molar-refractivity contribution in [2.45, 2.75) is 39.0 Å². The van der Waals surface area contributed by atoms with Gasteiger partial charge in [0, 0.05) is 44.2 Å². The van der Waals surface area contributed by atoms with Gasteiger partial charge in [-0.3, -0.25) is 4.79 Å². The molecule has 1 fully saturated rings. The van der Waals surface area contributed by atoms with Gasteiger partial charge in [0.05, 0.1) is 5.56 Å². The highest BCUT2D eigenvalue weighted by Crippen LogP contribution is 2.37. The van der Waals surface area contributed by atoms with Crippen LogP contribution in [0.3, 0.4) is 0 Å². The topological polar surface area (TPSA) is 92.3 Å². The summed E-state index contributed by atoms with van der Waals surface area (Å²) < 4.78 is 45.5. The average molecular weight is 486 g/mol. The van der Waals surface area contributed by atoms with Gasteiger partial charge in [-0.1, -0.05) is 18.2 Å². The van der Waals surface area contributed by atoms with E-state index in [1.165, 1.54) is 31.5 Å². The highest BCUT2D eigenvalue weighted by molar-refractivity contribution is 5.90. The maximum atomic E-state index is 13.2. The molecule has 1 aromatic heterocycles. The van der Waals surface area contributed by atoms with Crippen LogP contribution in [-0.2, 0) is 11.0 Å². The number of hydrogen-bond acceptors (Lipinski definition) is 7. The van der Waals surface area contributed by atoms with Crippen molar-refractivity contribution in [2.24, 2.45) is 0 Å². The van der Waals surface area contributed by atoms with E-state index in [0.29, 0.717) is 43.5 Å². The normalized spacial score (nSPS) is 14.5. The second kappa shape index (κ2) is 10.2. The predicted molar refractivity (Wildman–Crippen MR) is 126 cm³/mol. The number of halogens is 3. The van der Waals surface area contributed by atoms with Crippen LogP contribution in [0.15, 0.2) is 48.8 Å². The van der Waals surface area contributed by atoms with E-state index >= 15 is 0 Å². The number of nitrogens with one attached hydrogen (secondary N) is 2.